The quantitative estimate of drug-likeness (QED) is 0.366. The molecule has 0 bridgehead atoms. The normalized spacial score (nSPS) is 11.0. The molecule has 0 aliphatic carbocycles. The predicted octanol–water partition coefficient (Wildman–Crippen LogP) is 4.98. The molecule has 3 rings (SSSR count). The van der Waals surface area contributed by atoms with Gasteiger partial charge in [0, 0.05) is 15.1 Å². The van der Waals surface area contributed by atoms with E-state index in [1.54, 1.807) is 17.1 Å². The van der Waals surface area contributed by atoms with E-state index < -0.39 is 0 Å². The first kappa shape index (κ1) is 19.0. The zero-order valence-corrected chi connectivity index (χ0v) is 18.1. The number of benzene rings is 2. The summed E-state index contributed by atoms with van der Waals surface area (Å²) in [6.07, 6.45) is 3.35. The van der Waals surface area contributed by atoms with Crippen LogP contribution in [0.2, 0.25) is 0 Å². The fourth-order valence-electron chi connectivity index (χ4n) is 2.18. The lowest BCUT2D eigenvalue weighted by Crippen LogP contribution is -2.19. The zero-order chi connectivity index (χ0) is 18.5. The number of nitrogens with one attached hydrogen (secondary N) is 1. The van der Waals surface area contributed by atoms with Gasteiger partial charge in [-0.25, -0.2) is 5.43 Å². The molecule has 0 saturated heterocycles. The maximum absolute atomic E-state index is 12.3. The van der Waals surface area contributed by atoms with Crippen LogP contribution in [0, 0.1) is 0 Å². The van der Waals surface area contributed by atoms with Crippen LogP contribution in [0.25, 0.3) is 0 Å². The molecule has 0 unspecified atom stereocenters. The Labute approximate surface area is 175 Å². The van der Waals surface area contributed by atoms with E-state index >= 15 is 0 Å². The molecule has 2 aromatic carbocycles. The Morgan fingerprint density at radius 2 is 1.65 bits per heavy atom. The second-order valence-electron chi connectivity index (χ2n) is 5.40. The third kappa shape index (κ3) is 5.12. The van der Waals surface area contributed by atoms with Crippen molar-refractivity contribution in [3.8, 4) is 0 Å². The molecule has 0 aliphatic rings. The summed E-state index contributed by atoms with van der Waals surface area (Å²) in [6, 6.07) is 15.5. The minimum atomic E-state index is -0.375. The maximum Gasteiger partial charge on any atom is 0.293 e. The van der Waals surface area contributed by atoms with Crippen LogP contribution >= 0.6 is 47.8 Å². The summed E-state index contributed by atoms with van der Waals surface area (Å²) in [7, 11) is 0. The smallest absolute Gasteiger partial charge is 0.266 e. The number of halogens is 3. The first-order chi connectivity index (χ1) is 12.5. The Morgan fingerprint density at radius 1 is 1.04 bits per heavy atom. The van der Waals surface area contributed by atoms with Crippen molar-refractivity contribution < 1.29 is 4.79 Å². The predicted molar refractivity (Wildman–Crippen MR) is 112 cm³/mol. The van der Waals surface area contributed by atoms with Gasteiger partial charge in [0.1, 0.15) is 0 Å². The van der Waals surface area contributed by atoms with Crippen LogP contribution < -0.4 is 5.43 Å². The van der Waals surface area contributed by atoms with Gasteiger partial charge in [-0.2, -0.15) is 10.2 Å². The highest BCUT2D eigenvalue weighted by Gasteiger charge is 2.14. The van der Waals surface area contributed by atoms with Crippen molar-refractivity contribution >= 4 is 59.9 Å². The Kier molecular flexibility index (Phi) is 6.39. The summed E-state index contributed by atoms with van der Waals surface area (Å²) >= 11 is 10.2. The van der Waals surface area contributed by atoms with Gasteiger partial charge in [0.2, 0.25) is 0 Å². The van der Waals surface area contributed by atoms with E-state index in [2.05, 4.69) is 63.4 Å². The van der Waals surface area contributed by atoms with Crippen LogP contribution in [0.15, 0.2) is 73.2 Å². The fraction of sp³-hybridized carbons (Fsp3) is 0.0556. The highest BCUT2D eigenvalue weighted by Crippen LogP contribution is 2.17. The second-order valence-corrected chi connectivity index (χ2v) is 8.09. The Bertz CT molecular complexity index is 934. The molecule has 1 N–H and O–H groups in total. The van der Waals surface area contributed by atoms with Crippen molar-refractivity contribution in [3.05, 3.63) is 85.0 Å². The summed E-state index contributed by atoms with van der Waals surface area (Å²) in [6.45, 7) is 0.571. The van der Waals surface area contributed by atoms with Crippen LogP contribution in [0.4, 0.5) is 0 Å². The van der Waals surface area contributed by atoms with Crippen molar-refractivity contribution in [3.63, 3.8) is 0 Å². The number of hydrazone groups is 1. The van der Waals surface area contributed by atoms with Crippen molar-refractivity contribution in [2.75, 3.05) is 0 Å². The fourth-order valence-corrected chi connectivity index (χ4v) is 3.20. The molecule has 132 valence electrons. The highest BCUT2D eigenvalue weighted by atomic mass is 79.9. The van der Waals surface area contributed by atoms with E-state index in [1.807, 2.05) is 48.5 Å². The molecule has 0 saturated carbocycles. The molecule has 0 radical (unpaired) electrons. The summed E-state index contributed by atoms with van der Waals surface area (Å²) in [5, 5.41) is 8.31. The van der Waals surface area contributed by atoms with Gasteiger partial charge in [0.25, 0.3) is 5.91 Å². The first-order valence-electron chi connectivity index (χ1n) is 7.57. The van der Waals surface area contributed by atoms with Crippen molar-refractivity contribution in [2.45, 2.75) is 6.54 Å². The molecule has 1 heterocycles. The lowest BCUT2D eigenvalue weighted by molar-refractivity contribution is 0.0948. The van der Waals surface area contributed by atoms with Gasteiger partial charge >= 0.3 is 0 Å². The number of amides is 1. The SMILES string of the molecule is O=C(N/N=C\c1ccc(Br)cc1)c1nn(Cc2ccc(Br)cc2)cc1Br. The molecule has 5 nitrogen and oxygen atoms in total. The third-order valence-electron chi connectivity index (χ3n) is 3.44. The number of carbonyl (C=O) groups excluding carboxylic acids is 1. The minimum absolute atomic E-state index is 0.287. The lowest BCUT2D eigenvalue weighted by atomic mass is 10.2. The topological polar surface area (TPSA) is 59.3 Å². The number of aromatic nitrogens is 2. The van der Waals surface area contributed by atoms with E-state index in [9.17, 15) is 4.79 Å². The van der Waals surface area contributed by atoms with Crippen LogP contribution in [0.3, 0.4) is 0 Å². The monoisotopic (exact) mass is 538 g/mol. The second kappa shape index (κ2) is 8.75. The van der Waals surface area contributed by atoms with Gasteiger partial charge in [0.15, 0.2) is 5.69 Å². The maximum atomic E-state index is 12.3. The first-order valence-corrected chi connectivity index (χ1v) is 9.95. The summed E-state index contributed by atoms with van der Waals surface area (Å²) in [4.78, 5) is 12.3. The Morgan fingerprint density at radius 3 is 2.31 bits per heavy atom. The number of rotatable bonds is 5. The van der Waals surface area contributed by atoms with Crippen LogP contribution in [-0.2, 0) is 6.54 Å². The van der Waals surface area contributed by atoms with Gasteiger partial charge in [0.05, 0.1) is 17.2 Å². The van der Waals surface area contributed by atoms with Gasteiger partial charge in [-0.3, -0.25) is 9.48 Å². The molecule has 0 aliphatic heterocycles. The van der Waals surface area contributed by atoms with Crippen molar-refractivity contribution in [1.29, 1.82) is 0 Å². The molecule has 0 atom stereocenters. The number of hydrogen-bond donors (Lipinski definition) is 1. The Hall–Kier alpha value is -1.77. The van der Waals surface area contributed by atoms with Gasteiger partial charge in [-0.1, -0.05) is 56.1 Å². The van der Waals surface area contributed by atoms with Gasteiger partial charge < -0.3 is 0 Å². The van der Waals surface area contributed by atoms with Crippen LogP contribution in [0.5, 0.6) is 0 Å². The van der Waals surface area contributed by atoms with Crippen LogP contribution in [-0.4, -0.2) is 21.9 Å². The number of carbonyl (C=O) groups is 1. The van der Waals surface area contributed by atoms with E-state index in [-0.39, 0.29) is 11.6 Å². The Balaban J connectivity index is 1.65. The molecule has 1 aromatic heterocycles. The molecule has 0 spiro atoms. The van der Waals surface area contributed by atoms with Gasteiger partial charge in [-0.05, 0) is 51.3 Å². The zero-order valence-electron chi connectivity index (χ0n) is 13.4. The van der Waals surface area contributed by atoms with Crippen molar-refractivity contribution in [1.82, 2.24) is 15.2 Å². The third-order valence-corrected chi connectivity index (χ3v) is 5.08. The molecule has 1 amide bonds. The van der Waals surface area contributed by atoms with Crippen LogP contribution in [0.1, 0.15) is 21.6 Å². The minimum Gasteiger partial charge on any atom is -0.266 e. The molecule has 0 fully saturated rings. The molecule has 26 heavy (non-hydrogen) atoms. The largest absolute Gasteiger partial charge is 0.293 e. The summed E-state index contributed by atoms with van der Waals surface area (Å²) in [5.74, 6) is -0.375. The lowest BCUT2D eigenvalue weighted by Gasteiger charge is -2.02. The van der Waals surface area contributed by atoms with Gasteiger partial charge in [-0.15, -0.1) is 0 Å². The average Bonchev–Trinajstić information content (AvgIpc) is 2.99. The number of hydrogen-bond acceptors (Lipinski definition) is 3. The summed E-state index contributed by atoms with van der Waals surface area (Å²) < 4.78 is 4.33. The van der Waals surface area contributed by atoms with E-state index in [1.165, 1.54) is 0 Å². The standard InChI is InChI=1S/C18H13Br3N4O/c19-14-5-1-12(2-6-14)9-22-23-18(26)17-16(21)11-25(24-17)10-13-3-7-15(20)8-4-13/h1-9,11H,10H2,(H,23,26)/b22-9-. The molecular weight excluding hydrogens is 528 g/mol. The molecule has 3 aromatic rings. The van der Waals surface area contributed by atoms with E-state index in [0.717, 1.165) is 20.1 Å². The average molecular weight is 541 g/mol. The van der Waals surface area contributed by atoms with E-state index in [0.29, 0.717) is 11.0 Å². The molecule has 8 heteroatoms. The number of nitrogens with zero attached hydrogens (tertiary/aromatic N) is 3. The van der Waals surface area contributed by atoms with E-state index in [4.69, 9.17) is 0 Å². The summed E-state index contributed by atoms with van der Waals surface area (Å²) in [5.41, 5.74) is 4.75. The van der Waals surface area contributed by atoms with Crippen molar-refractivity contribution in [2.24, 2.45) is 5.10 Å². The molecular formula is C18H13Br3N4O. The highest BCUT2D eigenvalue weighted by molar-refractivity contribution is 9.11.